The van der Waals surface area contributed by atoms with Crippen molar-refractivity contribution < 1.29 is 4.52 Å². The minimum absolute atomic E-state index is 0.00867. The molecular weight excluding hydrogens is 452 g/mol. The summed E-state index contributed by atoms with van der Waals surface area (Å²) in [6.45, 7) is 7.23. The smallest absolute Gasteiger partial charge is 0.250 e. The molecule has 1 aliphatic rings. The SMILES string of the molecule is CC(C)(C)NCc1ccc(-c2cc(-c3nc(-c4ccc(=O)n(C5CCCC5)c4)cnc3N)on2)cc1. The van der Waals surface area contributed by atoms with E-state index in [9.17, 15) is 4.79 Å². The van der Waals surface area contributed by atoms with Crippen LogP contribution in [0.1, 0.15) is 58.1 Å². The van der Waals surface area contributed by atoms with E-state index in [1.54, 1.807) is 18.3 Å². The van der Waals surface area contributed by atoms with Crippen LogP contribution in [0.15, 0.2) is 64.2 Å². The normalized spacial score (nSPS) is 14.4. The Morgan fingerprint density at radius 3 is 2.50 bits per heavy atom. The second kappa shape index (κ2) is 9.70. The van der Waals surface area contributed by atoms with Gasteiger partial charge in [-0.1, -0.05) is 42.3 Å². The fourth-order valence-electron chi connectivity index (χ4n) is 4.53. The first-order valence-electron chi connectivity index (χ1n) is 12.4. The summed E-state index contributed by atoms with van der Waals surface area (Å²) in [5.74, 6) is 0.702. The molecule has 0 unspecified atom stereocenters. The molecule has 0 atom stereocenters. The molecule has 5 rings (SSSR count). The average molecular weight is 485 g/mol. The molecule has 0 bridgehead atoms. The molecule has 1 aromatic carbocycles. The van der Waals surface area contributed by atoms with Crippen molar-refractivity contribution in [3.8, 4) is 34.0 Å². The number of anilines is 1. The highest BCUT2D eigenvalue weighted by Gasteiger charge is 2.20. The summed E-state index contributed by atoms with van der Waals surface area (Å²) < 4.78 is 7.45. The third kappa shape index (κ3) is 5.23. The molecule has 186 valence electrons. The summed E-state index contributed by atoms with van der Waals surface area (Å²) in [4.78, 5) is 21.5. The van der Waals surface area contributed by atoms with Crippen LogP contribution in [-0.2, 0) is 6.54 Å². The Balaban J connectivity index is 1.40. The summed E-state index contributed by atoms with van der Waals surface area (Å²) in [5, 5.41) is 7.73. The second-order valence-electron chi connectivity index (χ2n) is 10.5. The summed E-state index contributed by atoms with van der Waals surface area (Å²) in [6.07, 6.45) is 7.85. The molecule has 0 spiro atoms. The molecule has 8 heteroatoms. The lowest BCUT2D eigenvalue weighted by Gasteiger charge is -2.20. The predicted octanol–water partition coefficient (Wildman–Crippen LogP) is 5.21. The van der Waals surface area contributed by atoms with E-state index in [1.807, 2.05) is 29.0 Å². The first-order chi connectivity index (χ1) is 17.3. The van der Waals surface area contributed by atoms with Crippen molar-refractivity contribution in [2.75, 3.05) is 5.73 Å². The largest absolute Gasteiger partial charge is 0.382 e. The van der Waals surface area contributed by atoms with Crippen LogP contribution < -0.4 is 16.6 Å². The summed E-state index contributed by atoms with van der Waals surface area (Å²) >= 11 is 0. The van der Waals surface area contributed by atoms with Crippen molar-refractivity contribution in [1.29, 1.82) is 0 Å². The van der Waals surface area contributed by atoms with Gasteiger partial charge in [0.2, 0.25) is 0 Å². The maximum absolute atomic E-state index is 12.5. The van der Waals surface area contributed by atoms with Crippen LogP contribution in [0, 0.1) is 0 Å². The van der Waals surface area contributed by atoms with Crippen LogP contribution in [0.25, 0.3) is 34.0 Å². The monoisotopic (exact) mass is 484 g/mol. The topological polar surface area (TPSA) is 112 Å². The van der Waals surface area contributed by atoms with Gasteiger partial charge in [-0.3, -0.25) is 4.79 Å². The zero-order valence-corrected chi connectivity index (χ0v) is 21.0. The van der Waals surface area contributed by atoms with E-state index in [1.165, 1.54) is 5.56 Å². The Hall–Kier alpha value is -3.78. The van der Waals surface area contributed by atoms with Crippen LogP contribution in [-0.4, -0.2) is 25.2 Å². The van der Waals surface area contributed by atoms with E-state index in [2.05, 4.69) is 48.4 Å². The van der Waals surface area contributed by atoms with E-state index in [-0.39, 0.29) is 23.0 Å². The van der Waals surface area contributed by atoms with Crippen molar-refractivity contribution in [3.05, 3.63) is 70.8 Å². The molecule has 4 aromatic rings. The lowest BCUT2D eigenvalue weighted by Crippen LogP contribution is -2.35. The molecule has 36 heavy (non-hydrogen) atoms. The highest BCUT2D eigenvalue weighted by atomic mass is 16.5. The first kappa shape index (κ1) is 23.9. The molecule has 0 aliphatic heterocycles. The van der Waals surface area contributed by atoms with Crippen LogP contribution >= 0.6 is 0 Å². The van der Waals surface area contributed by atoms with Crippen molar-refractivity contribution >= 4 is 5.82 Å². The van der Waals surface area contributed by atoms with Gasteiger partial charge < -0.3 is 20.1 Å². The third-order valence-corrected chi connectivity index (χ3v) is 6.57. The maximum atomic E-state index is 12.5. The highest BCUT2D eigenvalue weighted by molar-refractivity contribution is 5.72. The Morgan fingerprint density at radius 1 is 1.06 bits per heavy atom. The Labute approximate surface area is 210 Å². The molecule has 3 aromatic heterocycles. The molecule has 1 fully saturated rings. The number of benzene rings is 1. The van der Waals surface area contributed by atoms with E-state index in [0.717, 1.165) is 43.4 Å². The van der Waals surface area contributed by atoms with Gasteiger partial charge in [0.05, 0.1) is 11.9 Å². The lowest BCUT2D eigenvalue weighted by molar-refractivity contribution is 0.424. The number of rotatable bonds is 6. The lowest BCUT2D eigenvalue weighted by atomic mass is 10.1. The predicted molar refractivity (Wildman–Crippen MR) is 141 cm³/mol. The van der Waals surface area contributed by atoms with Gasteiger partial charge in [-0.15, -0.1) is 0 Å². The molecule has 3 heterocycles. The number of aromatic nitrogens is 4. The molecule has 3 N–H and O–H groups in total. The van der Waals surface area contributed by atoms with Gasteiger partial charge >= 0.3 is 0 Å². The van der Waals surface area contributed by atoms with Crippen molar-refractivity contribution in [2.24, 2.45) is 0 Å². The fraction of sp³-hybridized carbons (Fsp3) is 0.357. The van der Waals surface area contributed by atoms with Crippen molar-refractivity contribution in [2.45, 2.75) is 64.6 Å². The van der Waals surface area contributed by atoms with Crippen LogP contribution in [0.4, 0.5) is 5.82 Å². The number of nitrogen functional groups attached to an aromatic ring is 1. The van der Waals surface area contributed by atoms with Gasteiger partial charge in [0.15, 0.2) is 17.3 Å². The van der Waals surface area contributed by atoms with Gasteiger partial charge in [-0.25, -0.2) is 9.97 Å². The number of nitrogens with zero attached hydrogens (tertiary/aromatic N) is 4. The quantitative estimate of drug-likeness (QED) is 0.386. The standard InChI is InChI=1S/C28H32N6O2/c1-28(2,3)31-15-18-8-10-19(11-9-18)22-14-24(36-33-22)26-27(29)30-16-23(32-26)20-12-13-25(35)34(17-20)21-6-4-5-7-21/h8-14,16-17,21,31H,4-7,15H2,1-3H3,(H2,29,30). The highest BCUT2D eigenvalue weighted by Crippen LogP contribution is 2.31. The van der Waals surface area contributed by atoms with Gasteiger partial charge in [0.25, 0.3) is 5.56 Å². The molecule has 0 amide bonds. The fourth-order valence-corrected chi connectivity index (χ4v) is 4.53. The van der Waals surface area contributed by atoms with E-state index >= 15 is 0 Å². The molecule has 0 saturated heterocycles. The number of pyridine rings is 1. The Morgan fingerprint density at radius 2 is 1.78 bits per heavy atom. The molecule has 1 aliphatic carbocycles. The van der Waals surface area contributed by atoms with E-state index < -0.39 is 0 Å². The molecular formula is C28H32N6O2. The number of nitrogens with two attached hydrogens (primary N) is 1. The van der Waals surface area contributed by atoms with Crippen molar-refractivity contribution in [1.82, 2.24) is 25.0 Å². The summed E-state index contributed by atoms with van der Waals surface area (Å²) in [5.41, 5.74) is 10.9. The maximum Gasteiger partial charge on any atom is 0.250 e. The molecule has 8 nitrogen and oxygen atoms in total. The minimum atomic E-state index is 0.00867. The number of hydrogen-bond acceptors (Lipinski definition) is 7. The summed E-state index contributed by atoms with van der Waals surface area (Å²) in [6, 6.07) is 13.7. The number of nitrogens with one attached hydrogen (secondary N) is 1. The minimum Gasteiger partial charge on any atom is -0.382 e. The Kier molecular flexibility index (Phi) is 6.45. The average Bonchev–Trinajstić information content (AvgIpc) is 3.56. The molecule has 1 saturated carbocycles. The van der Waals surface area contributed by atoms with Crippen LogP contribution in [0.2, 0.25) is 0 Å². The number of hydrogen-bond donors (Lipinski definition) is 2. The second-order valence-corrected chi connectivity index (χ2v) is 10.5. The zero-order valence-electron chi connectivity index (χ0n) is 21.0. The first-order valence-corrected chi connectivity index (χ1v) is 12.4. The van der Waals surface area contributed by atoms with Gasteiger partial charge in [-0.05, 0) is 45.2 Å². The molecule has 0 radical (unpaired) electrons. The third-order valence-electron chi connectivity index (χ3n) is 6.57. The van der Waals surface area contributed by atoms with Gasteiger partial charge in [0, 0.05) is 47.6 Å². The van der Waals surface area contributed by atoms with E-state index in [4.69, 9.17) is 15.2 Å². The van der Waals surface area contributed by atoms with Crippen molar-refractivity contribution in [3.63, 3.8) is 0 Å². The van der Waals surface area contributed by atoms with Gasteiger partial charge in [-0.2, -0.15) is 0 Å². The van der Waals surface area contributed by atoms with Gasteiger partial charge in [0.1, 0.15) is 5.69 Å². The van der Waals surface area contributed by atoms with Crippen LogP contribution in [0.5, 0.6) is 0 Å². The summed E-state index contributed by atoms with van der Waals surface area (Å²) in [7, 11) is 0. The van der Waals surface area contributed by atoms with Crippen LogP contribution in [0.3, 0.4) is 0 Å². The zero-order chi connectivity index (χ0) is 25.3. The van der Waals surface area contributed by atoms with E-state index in [0.29, 0.717) is 22.8 Å². The Bertz CT molecular complexity index is 1410.